The van der Waals surface area contributed by atoms with E-state index in [9.17, 15) is 8.78 Å². The van der Waals surface area contributed by atoms with Crippen molar-refractivity contribution >= 4 is 15.9 Å². The van der Waals surface area contributed by atoms with Crippen LogP contribution in [0.1, 0.15) is 5.56 Å². The van der Waals surface area contributed by atoms with Crippen molar-refractivity contribution in [2.75, 3.05) is 0 Å². The van der Waals surface area contributed by atoms with Gasteiger partial charge in [0, 0.05) is 10.0 Å². The van der Waals surface area contributed by atoms with Crippen LogP contribution in [0.2, 0.25) is 0 Å². The highest BCUT2D eigenvalue weighted by Gasteiger charge is 2.04. The van der Waals surface area contributed by atoms with Gasteiger partial charge in [0.15, 0.2) is 0 Å². The van der Waals surface area contributed by atoms with E-state index in [1.807, 2.05) is 0 Å². The van der Waals surface area contributed by atoms with Crippen LogP contribution in [0.25, 0.3) is 0 Å². The Morgan fingerprint density at radius 1 is 1.00 bits per heavy atom. The molecule has 0 heterocycles. The summed E-state index contributed by atoms with van der Waals surface area (Å²) in [6.07, 6.45) is 0. The standard InChI is InChI=1S/C13H9BrF2O/c14-10-1-6-13(16)9(7-10)8-17-12-4-2-11(15)3-5-12/h1-7H,8H2. The van der Waals surface area contributed by atoms with Gasteiger partial charge in [-0.2, -0.15) is 0 Å². The SMILES string of the molecule is Fc1ccc(OCc2cc(Br)ccc2F)cc1. The Labute approximate surface area is 106 Å². The average molecular weight is 299 g/mol. The van der Waals surface area contributed by atoms with Crippen molar-refractivity contribution in [3.05, 3.63) is 64.1 Å². The first-order valence-electron chi connectivity index (χ1n) is 4.97. The van der Waals surface area contributed by atoms with Crippen molar-refractivity contribution in [1.82, 2.24) is 0 Å². The van der Waals surface area contributed by atoms with Crippen molar-refractivity contribution in [3.63, 3.8) is 0 Å². The van der Waals surface area contributed by atoms with Gasteiger partial charge in [-0.25, -0.2) is 8.78 Å². The Morgan fingerprint density at radius 3 is 2.41 bits per heavy atom. The Balaban J connectivity index is 2.07. The summed E-state index contributed by atoms with van der Waals surface area (Å²) >= 11 is 3.26. The number of ether oxygens (including phenoxy) is 1. The monoisotopic (exact) mass is 298 g/mol. The lowest BCUT2D eigenvalue weighted by atomic mass is 10.2. The molecule has 88 valence electrons. The number of halogens is 3. The average Bonchev–Trinajstić information content (AvgIpc) is 2.32. The first-order valence-corrected chi connectivity index (χ1v) is 5.77. The van der Waals surface area contributed by atoms with E-state index in [0.29, 0.717) is 11.3 Å². The van der Waals surface area contributed by atoms with E-state index < -0.39 is 0 Å². The van der Waals surface area contributed by atoms with Gasteiger partial charge in [0.25, 0.3) is 0 Å². The van der Waals surface area contributed by atoms with Crippen molar-refractivity contribution < 1.29 is 13.5 Å². The Morgan fingerprint density at radius 2 is 1.71 bits per heavy atom. The summed E-state index contributed by atoms with van der Waals surface area (Å²) in [5, 5.41) is 0. The summed E-state index contributed by atoms with van der Waals surface area (Å²) in [4.78, 5) is 0. The molecule has 2 aromatic carbocycles. The van der Waals surface area contributed by atoms with Gasteiger partial charge in [0.1, 0.15) is 24.0 Å². The van der Waals surface area contributed by atoms with Crippen molar-refractivity contribution in [2.24, 2.45) is 0 Å². The second-order valence-electron chi connectivity index (χ2n) is 3.48. The lowest BCUT2D eigenvalue weighted by Crippen LogP contribution is -1.98. The molecule has 0 bridgehead atoms. The first-order chi connectivity index (χ1) is 8.15. The van der Waals surface area contributed by atoms with E-state index in [-0.39, 0.29) is 18.2 Å². The first kappa shape index (κ1) is 12.0. The molecule has 2 rings (SSSR count). The smallest absolute Gasteiger partial charge is 0.129 e. The molecule has 17 heavy (non-hydrogen) atoms. The third-order valence-corrected chi connectivity index (χ3v) is 2.71. The highest BCUT2D eigenvalue weighted by Crippen LogP contribution is 2.18. The minimum atomic E-state index is -0.328. The van der Waals surface area contributed by atoms with Crippen LogP contribution in [-0.2, 0) is 6.61 Å². The maximum atomic E-state index is 13.4. The maximum absolute atomic E-state index is 13.4. The summed E-state index contributed by atoms with van der Waals surface area (Å²) in [7, 11) is 0. The zero-order valence-corrected chi connectivity index (χ0v) is 10.4. The predicted octanol–water partition coefficient (Wildman–Crippen LogP) is 4.31. The van der Waals surface area contributed by atoms with Crippen molar-refractivity contribution in [3.8, 4) is 5.75 Å². The normalized spacial score (nSPS) is 10.3. The Bertz CT molecular complexity index is 511. The van der Waals surface area contributed by atoms with Crippen LogP contribution >= 0.6 is 15.9 Å². The molecule has 0 spiro atoms. The summed E-state index contributed by atoms with van der Waals surface area (Å²) in [6, 6.07) is 10.2. The molecule has 0 aromatic heterocycles. The van der Waals surface area contributed by atoms with Gasteiger partial charge in [-0.15, -0.1) is 0 Å². The van der Waals surface area contributed by atoms with E-state index in [2.05, 4.69) is 15.9 Å². The lowest BCUT2D eigenvalue weighted by Gasteiger charge is -2.07. The van der Waals surface area contributed by atoms with E-state index in [1.165, 1.54) is 30.3 Å². The van der Waals surface area contributed by atoms with Crippen LogP contribution in [0.3, 0.4) is 0 Å². The predicted molar refractivity (Wildman–Crippen MR) is 64.8 cm³/mol. The zero-order chi connectivity index (χ0) is 12.3. The summed E-state index contributed by atoms with van der Waals surface area (Å²) in [6.45, 7) is 0.108. The third kappa shape index (κ3) is 3.27. The largest absolute Gasteiger partial charge is 0.489 e. The van der Waals surface area contributed by atoms with Gasteiger partial charge in [0.05, 0.1) is 0 Å². The number of rotatable bonds is 3. The molecule has 0 N–H and O–H groups in total. The maximum Gasteiger partial charge on any atom is 0.129 e. The van der Waals surface area contributed by atoms with Gasteiger partial charge < -0.3 is 4.74 Å². The van der Waals surface area contributed by atoms with Crippen LogP contribution < -0.4 is 4.74 Å². The summed E-state index contributed by atoms with van der Waals surface area (Å²) < 4.78 is 32.2. The molecular weight excluding hydrogens is 290 g/mol. The molecule has 0 atom stereocenters. The van der Waals surface area contributed by atoms with Gasteiger partial charge in [-0.3, -0.25) is 0 Å². The molecule has 0 amide bonds. The zero-order valence-electron chi connectivity index (χ0n) is 8.79. The fourth-order valence-electron chi connectivity index (χ4n) is 1.35. The second kappa shape index (κ2) is 5.27. The van der Waals surface area contributed by atoms with Crippen LogP contribution in [0, 0.1) is 11.6 Å². The topological polar surface area (TPSA) is 9.23 Å². The molecular formula is C13H9BrF2O. The molecule has 0 saturated carbocycles. The minimum Gasteiger partial charge on any atom is -0.489 e. The highest BCUT2D eigenvalue weighted by atomic mass is 79.9. The molecule has 0 radical (unpaired) electrons. The summed E-state index contributed by atoms with van der Waals surface area (Å²) in [5.74, 6) is -0.146. The van der Waals surface area contributed by atoms with Crippen LogP contribution in [-0.4, -0.2) is 0 Å². The molecule has 0 unspecified atom stereocenters. The fourth-order valence-corrected chi connectivity index (χ4v) is 1.75. The number of benzene rings is 2. The van der Waals surface area contributed by atoms with Gasteiger partial charge in [-0.1, -0.05) is 15.9 Å². The quantitative estimate of drug-likeness (QED) is 0.820. The molecule has 0 aliphatic carbocycles. The number of hydrogen-bond donors (Lipinski definition) is 0. The number of hydrogen-bond acceptors (Lipinski definition) is 1. The Hall–Kier alpha value is -1.42. The van der Waals surface area contributed by atoms with Crippen LogP contribution in [0.15, 0.2) is 46.9 Å². The molecule has 1 nitrogen and oxygen atoms in total. The minimum absolute atomic E-state index is 0.108. The Kier molecular flexibility index (Phi) is 3.74. The van der Waals surface area contributed by atoms with E-state index in [0.717, 1.165) is 4.47 Å². The van der Waals surface area contributed by atoms with Gasteiger partial charge >= 0.3 is 0 Å². The fraction of sp³-hybridized carbons (Fsp3) is 0.0769. The van der Waals surface area contributed by atoms with E-state index in [4.69, 9.17) is 4.74 Å². The molecule has 0 saturated heterocycles. The van der Waals surface area contributed by atoms with Crippen LogP contribution in [0.4, 0.5) is 8.78 Å². The molecule has 0 aliphatic heterocycles. The highest BCUT2D eigenvalue weighted by molar-refractivity contribution is 9.10. The van der Waals surface area contributed by atoms with E-state index in [1.54, 1.807) is 12.1 Å². The van der Waals surface area contributed by atoms with Crippen molar-refractivity contribution in [2.45, 2.75) is 6.61 Å². The third-order valence-electron chi connectivity index (χ3n) is 2.22. The van der Waals surface area contributed by atoms with Gasteiger partial charge in [0.2, 0.25) is 0 Å². The molecule has 0 aliphatic rings. The van der Waals surface area contributed by atoms with Crippen molar-refractivity contribution in [1.29, 1.82) is 0 Å². The molecule has 0 fully saturated rings. The molecule has 2 aromatic rings. The lowest BCUT2D eigenvalue weighted by molar-refractivity contribution is 0.299. The van der Waals surface area contributed by atoms with E-state index >= 15 is 0 Å². The van der Waals surface area contributed by atoms with Gasteiger partial charge in [-0.05, 0) is 42.5 Å². The van der Waals surface area contributed by atoms with Crippen LogP contribution in [0.5, 0.6) is 5.75 Å². The summed E-state index contributed by atoms with van der Waals surface area (Å²) in [5.41, 5.74) is 0.448. The second-order valence-corrected chi connectivity index (χ2v) is 4.39. The molecule has 4 heteroatoms.